The van der Waals surface area contributed by atoms with Gasteiger partial charge < -0.3 is 4.98 Å². The molecule has 0 spiro atoms. The van der Waals surface area contributed by atoms with Gasteiger partial charge in [0.25, 0.3) is 5.56 Å². The van der Waals surface area contributed by atoms with Crippen LogP contribution in [-0.2, 0) is 12.2 Å². The fourth-order valence-corrected chi connectivity index (χ4v) is 4.14. The molecule has 31 heavy (non-hydrogen) atoms. The first kappa shape index (κ1) is 20.8. The van der Waals surface area contributed by atoms with Crippen LogP contribution in [0.4, 0.5) is 4.39 Å². The van der Waals surface area contributed by atoms with E-state index in [9.17, 15) is 14.0 Å². The van der Waals surface area contributed by atoms with Gasteiger partial charge in [-0.05, 0) is 48.7 Å². The van der Waals surface area contributed by atoms with Crippen LogP contribution in [0.3, 0.4) is 0 Å². The Labute approximate surface area is 181 Å². The maximum Gasteiger partial charge on any atom is 0.325 e. The molecule has 0 bridgehead atoms. The van der Waals surface area contributed by atoms with Crippen molar-refractivity contribution in [3.05, 3.63) is 103 Å². The quantitative estimate of drug-likeness (QED) is 0.451. The molecule has 4 rings (SSSR count). The van der Waals surface area contributed by atoms with Crippen molar-refractivity contribution in [2.45, 2.75) is 31.2 Å². The number of benzene rings is 2. The molecule has 9 heteroatoms. The summed E-state index contributed by atoms with van der Waals surface area (Å²) in [6.07, 6.45) is 0.233. The van der Waals surface area contributed by atoms with Crippen molar-refractivity contribution in [1.29, 1.82) is 0 Å². The highest BCUT2D eigenvalue weighted by molar-refractivity contribution is 7.98. The highest BCUT2D eigenvalue weighted by Gasteiger charge is 2.17. The van der Waals surface area contributed by atoms with E-state index in [-0.39, 0.29) is 12.2 Å². The van der Waals surface area contributed by atoms with E-state index in [4.69, 9.17) is 0 Å². The van der Waals surface area contributed by atoms with E-state index >= 15 is 0 Å². The smallest absolute Gasteiger partial charge is 0.311 e. The Bertz CT molecular complexity index is 1310. The SMILES string of the molecule is Cc1ccc(C)c(-n2c(Cc3cc(=O)[nH]c(=O)[nH]3)nnc2SCc2ccc(F)cc2)c1. The molecule has 4 aromatic rings. The summed E-state index contributed by atoms with van der Waals surface area (Å²) in [5.74, 6) is 0.906. The van der Waals surface area contributed by atoms with Crippen LogP contribution < -0.4 is 11.2 Å². The lowest BCUT2D eigenvalue weighted by Crippen LogP contribution is -2.23. The number of nitrogens with zero attached hydrogens (tertiary/aromatic N) is 3. The van der Waals surface area contributed by atoms with E-state index in [1.54, 1.807) is 12.1 Å². The fourth-order valence-electron chi connectivity index (χ4n) is 3.22. The number of halogens is 1. The predicted octanol–water partition coefficient (Wildman–Crippen LogP) is 3.28. The van der Waals surface area contributed by atoms with E-state index in [0.717, 1.165) is 22.4 Å². The van der Waals surface area contributed by atoms with Crippen LogP contribution in [-0.4, -0.2) is 24.7 Å². The number of aromatic nitrogens is 5. The molecule has 2 aromatic heterocycles. The number of hydrogen-bond acceptors (Lipinski definition) is 5. The predicted molar refractivity (Wildman–Crippen MR) is 117 cm³/mol. The zero-order valence-electron chi connectivity index (χ0n) is 17.0. The number of hydrogen-bond donors (Lipinski definition) is 2. The van der Waals surface area contributed by atoms with Crippen molar-refractivity contribution in [3.63, 3.8) is 0 Å². The summed E-state index contributed by atoms with van der Waals surface area (Å²) in [6.45, 7) is 4.01. The maximum atomic E-state index is 13.2. The van der Waals surface area contributed by atoms with Crippen LogP contribution in [0, 0.1) is 19.7 Å². The second kappa shape index (κ2) is 8.73. The van der Waals surface area contributed by atoms with E-state index in [1.807, 2.05) is 36.6 Å². The van der Waals surface area contributed by atoms with Gasteiger partial charge in [-0.1, -0.05) is 36.0 Å². The van der Waals surface area contributed by atoms with Gasteiger partial charge in [-0.15, -0.1) is 10.2 Å². The van der Waals surface area contributed by atoms with Gasteiger partial charge in [0.15, 0.2) is 5.16 Å². The molecule has 0 aliphatic carbocycles. The Hall–Kier alpha value is -3.46. The topological polar surface area (TPSA) is 96.4 Å². The van der Waals surface area contributed by atoms with Gasteiger partial charge in [0.05, 0.1) is 5.69 Å². The van der Waals surface area contributed by atoms with E-state index < -0.39 is 11.2 Å². The minimum atomic E-state index is -0.564. The molecule has 2 N–H and O–H groups in total. The number of rotatable bonds is 6. The summed E-state index contributed by atoms with van der Waals surface area (Å²) in [7, 11) is 0. The molecule has 2 heterocycles. The summed E-state index contributed by atoms with van der Waals surface area (Å²) < 4.78 is 15.1. The molecule has 158 valence electrons. The average Bonchev–Trinajstić information content (AvgIpc) is 3.11. The Kier molecular flexibility index (Phi) is 5.85. The molecule has 7 nitrogen and oxygen atoms in total. The third-order valence-electron chi connectivity index (χ3n) is 4.75. The van der Waals surface area contributed by atoms with Crippen LogP contribution >= 0.6 is 11.8 Å². The minimum Gasteiger partial charge on any atom is -0.311 e. The van der Waals surface area contributed by atoms with Crippen LogP contribution in [0.1, 0.15) is 28.2 Å². The molecule has 0 aliphatic heterocycles. The molecule has 0 radical (unpaired) electrons. The normalized spacial score (nSPS) is 11.1. The molecule has 2 aromatic carbocycles. The molecule has 0 fully saturated rings. The van der Waals surface area contributed by atoms with Crippen molar-refractivity contribution in [2.24, 2.45) is 0 Å². The number of aryl methyl sites for hydroxylation is 2. The molecular weight excluding hydrogens is 417 g/mol. The monoisotopic (exact) mass is 437 g/mol. The van der Waals surface area contributed by atoms with Crippen LogP contribution in [0.15, 0.2) is 63.3 Å². The van der Waals surface area contributed by atoms with Gasteiger partial charge >= 0.3 is 5.69 Å². The Morgan fingerprint density at radius 2 is 1.77 bits per heavy atom. The van der Waals surface area contributed by atoms with Crippen LogP contribution in [0.25, 0.3) is 5.69 Å². The van der Waals surface area contributed by atoms with E-state index in [0.29, 0.717) is 22.4 Å². The summed E-state index contributed by atoms with van der Waals surface area (Å²) in [6, 6.07) is 13.8. The third kappa shape index (κ3) is 4.83. The lowest BCUT2D eigenvalue weighted by Gasteiger charge is -2.14. The lowest BCUT2D eigenvalue weighted by molar-refractivity contribution is 0.627. The van der Waals surface area contributed by atoms with Crippen molar-refractivity contribution < 1.29 is 4.39 Å². The van der Waals surface area contributed by atoms with Crippen molar-refractivity contribution >= 4 is 11.8 Å². The summed E-state index contributed by atoms with van der Waals surface area (Å²) in [5, 5.41) is 9.37. The van der Waals surface area contributed by atoms with Gasteiger partial charge in [0.1, 0.15) is 11.6 Å². The molecule has 0 amide bonds. The highest BCUT2D eigenvalue weighted by Crippen LogP contribution is 2.28. The largest absolute Gasteiger partial charge is 0.325 e. The second-order valence-corrected chi connectivity index (χ2v) is 8.17. The number of thioether (sulfide) groups is 1. The third-order valence-corrected chi connectivity index (χ3v) is 5.75. The molecule has 0 unspecified atom stereocenters. The second-order valence-electron chi connectivity index (χ2n) is 7.23. The van der Waals surface area contributed by atoms with E-state index in [1.165, 1.54) is 30.0 Å². The van der Waals surface area contributed by atoms with Gasteiger partial charge in [-0.3, -0.25) is 14.3 Å². The zero-order chi connectivity index (χ0) is 22.0. The van der Waals surface area contributed by atoms with Crippen molar-refractivity contribution in [2.75, 3.05) is 0 Å². The van der Waals surface area contributed by atoms with Crippen LogP contribution in [0.5, 0.6) is 0 Å². The van der Waals surface area contributed by atoms with Gasteiger partial charge in [0, 0.05) is 23.9 Å². The highest BCUT2D eigenvalue weighted by atomic mass is 32.2. The van der Waals surface area contributed by atoms with Crippen LogP contribution in [0.2, 0.25) is 0 Å². The van der Waals surface area contributed by atoms with Crippen molar-refractivity contribution in [3.8, 4) is 5.69 Å². The molecular formula is C22H20FN5O2S. The Balaban J connectivity index is 1.74. The summed E-state index contributed by atoms with van der Waals surface area (Å²) >= 11 is 1.48. The summed E-state index contributed by atoms with van der Waals surface area (Å²) in [4.78, 5) is 28.2. The van der Waals surface area contributed by atoms with Gasteiger partial charge in [-0.25, -0.2) is 9.18 Å². The number of H-pyrrole nitrogens is 2. The first-order valence-electron chi connectivity index (χ1n) is 9.61. The zero-order valence-corrected chi connectivity index (χ0v) is 17.8. The number of aromatic amines is 2. The fraction of sp³-hybridized carbons (Fsp3) is 0.182. The standard InChI is InChI=1S/C22H20FN5O2S/c1-13-3-4-14(2)18(9-13)28-19(10-17-11-20(29)25-21(30)24-17)26-27-22(28)31-12-15-5-7-16(23)8-6-15/h3-9,11H,10,12H2,1-2H3,(H2,24,25,29,30). The van der Waals surface area contributed by atoms with Crippen molar-refractivity contribution in [1.82, 2.24) is 24.7 Å². The number of nitrogens with one attached hydrogen (secondary N) is 2. The molecule has 0 saturated carbocycles. The Morgan fingerprint density at radius 1 is 1.00 bits per heavy atom. The maximum absolute atomic E-state index is 13.2. The minimum absolute atomic E-state index is 0.233. The van der Waals surface area contributed by atoms with E-state index in [2.05, 4.69) is 20.2 Å². The lowest BCUT2D eigenvalue weighted by atomic mass is 10.1. The average molecular weight is 438 g/mol. The summed E-state index contributed by atoms with van der Waals surface area (Å²) in [5.41, 5.74) is 3.42. The Morgan fingerprint density at radius 3 is 2.52 bits per heavy atom. The van der Waals surface area contributed by atoms with Gasteiger partial charge in [-0.2, -0.15) is 0 Å². The molecule has 0 saturated heterocycles. The first-order valence-corrected chi connectivity index (χ1v) is 10.6. The first-order chi connectivity index (χ1) is 14.9. The van der Waals surface area contributed by atoms with Gasteiger partial charge in [0.2, 0.25) is 0 Å². The molecule has 0 atom stereocenters. The molecule has 0 aliphatic rings.